The highest BCUT2D eigenvalue weighted by atomic mass is 28.3. The maximum absolute atomic E-state index is 2.40. The molecule has 2 aromatic rings. The lowest BCUT2D eigenvalue weighted by molar-refractivity contribution is -0.660. The number of rotatable bonds is 2. The Hall–Kier alpha value is -1.41. The van der Waals surface area contributed by atoms with Crippen LogP contribution in [0, 0.1) is 6.92 Å². The number of aryl methyl sites for hydroxylation is 2. The lowest BCUT2D eigenvalue weighted by Crippen LogP contribution is -2.42. The maximum atomic E-state index is 2.40. The fraction of sp³-hybridized carbons (Fsp3) is 0.450. The lowest BCUT2D eigenvalue weighted by Gasteiger charge is -2.21. The highest BCUT2D eigenvalue weighted by Gasteiger charge is 2.22. The molecule has 0 radical (unpaired) electrons. The molecule has 0 fully saturated rings. The van der Waals surface area contributed by atoms with Crippen molar-refractivity contribution >= 4 is 13.3 Å². The summed E-state index contributed by atoms with van der Waals surface area (Å²) in [7, 11) is 0.847. The Morgan fingerprint density at radius 2 is 1.59 bits per heavy atom. The van der Waals surface area contributed by atoms with Gasteiger partial charge in [-0.15, -0.1) is 0 Å². The van der Waals surface area contributed by atoms with Crippen molar-refractivity contribution in [3.05, 3.63) is 47.7 Å². The molecule has 2 rings (SSSR count). The van der Waals surface area contributed by atoms with E-state index in [1.807, 2.05) is 0 Å². The van der Waals surface area contributed by atoms with Crippen molar-refractivity contribution in [2.75, 3.05) is 0 Å². The monoisotopic (exact) mass is 312 g/mol. The van der Waals surface area contributed by atoms with Crippen LogP contribution in [0.2, 0.25) is 19.6 Å². The number of pyridine rings is 1. The maximum Gasteiger partial charge on any atom is 0.212 e. The van der Waals surface area contributed by atoms with Gasteiger partial charge in [0.1, 0.15) is 7.05 Å². The normalized spacial score (nSPS) is 12.5. The van der Waals surface area contributed by atoms with Crippen LogP contribution in [0.1, 0.15) is 31.9 Å². The topological polar surface area (TPSA) is 3.88 Å². The molecule has 0 spiro atoms. The molecular weight excluding hydrogens is 282 g/mol. The minimum Gasteiger partial charge on any atom is -0.201 e. The lowest BCUT2D eigenvalue weighted by atomic mass is 9.85. The van der Waals surface area contributed by atoms with Crippen molar-refractivity contribution in [1.82, 2.24) is 0 Å². The van der Waals surface area contributed by atoms with Gasteiger partial charge in [0, 0.05) is 17.7 Å². The second kappa shape index (κ2) is 5.66. The second-order valence-electron chi connectivity index (χ2n) is 8.44. The Bertz CT molecular complexity index is 688. The molecule has 0 aliphatic carbocycles. The smallest absolute Gasteiger partial charge is 0.201 e. The summed E-state index contributed by atoms with van der Waals surface area (Å²) in [6, 6.07) is 11.6. The molecule has 1 aromatic heterocycles. The zero-order chi connectivity index (χ0) is 16.7. The standard InChI is InChI=1S/C20H30NSi/c1-15-13-16(20(2,3)4)9-10-18(15)19-14-17(22(6,7)8)11-12-21(19)5/h9-14H,1-8H3/q+1. The minimum absolute atomic E-state index is 0.200. The third-order valence-corrected chi connectivity index (χ3v) is 6.43. The molecule has 0 bridgehead atoms. The van der Waals surface area contributed by atoms with Gasteiger partial charge in [0.05, 0.1) is 8.07 Å². The number of hydrogen-bond donors (Lipinski definition) is 0. The van der Waals surface area contributed by atoms with Crippen LogP contribution in [0.5, 0.6) is 0 Å². The summed E-state index contributed by atoms with van der Waals surface area (Å²) < 4.78 is 2.24. The van der Waals surface area contributed by atoms with Crippen molar-refractivity contribution in [3.8, 4) is 11.3 Å². The predicted molar refractivity (Wildman–Crippen MR) is 99.5 cm³/mol. The Kier molecular flexibility index (Phi) is 4.36. The summed E-state index contributed by atoms with van der Waals surface area (Å²) in [5, 5.41) is 1.51. The fourth-order valence-corrected chi connectivity index (χ4v) is 3.87. The van der Waals surface area contributed by atoms with Gasteiger partial charge in [-0.25, -0.2) is 4.57 Å². The largest absolute Gasteiger partial charge is 0.212 e. The Morgan fingerprint density at radius 1 is 0.955 bits per heavy atom. The summed E-state index contributed by atoms with van der Waals surface area (Å²) in [5.41, 5.74) is 5.62. The van der Waals surface area contributed by atoms with E-state index in [0.29, 0.717) is 0 Å². The Labute approximate surface area is 137 Å². The zero-order valence-corrected chi connectivity index (χ0v) is 16.4. The van der Waals surface area contributed by atoms with E-state index in [2.05, 4.69) is 95.5 Å². The van der Waals surface area contributed by atoms with E-state index in [1.54, 1.807) is 0 Å². The van der Waals surface area contributed by atoms with E-state index in [1.165, 1.54) is 27.6 Å². The van der Waals surface area contributed by atoms with Crippen LogP contribution in [-0.2, 0) is 12.5 Å². The number of benzene rings is 1. The zero-order valence-electron chi connectivity index (χ0n) is 15.4. The van der Waals surface area contributed by atoms with Crippen LogP contribution < -0.4 is 9.75 Å². The van der Waals surface area contributed by atoms with E-state index in [9.17, 15) is 0 Å². The van der Waals surface area contributed by atoms with Crippen LogP contribution in [0.25, 0.3) is 11.3 Å². The molecule has 0 saturated carbocycles. The molecule has 118 valence electrons. The second-order valence-corrected chi connectivity index (χ2v) is 13.5. The molecule has 1 heterocycles. The molecule has 0 atom stereocenters. The van der Waals surface area contributed by atoms with E-state index in [-0.39, 0.29) is 5.41 Å². The van der Waals surface area contributed by atoms with Crippen LogP contribution in [-0.4, -0.2) is 8.07 Å². The molecule has 0 N–H and O–H groups in total. The first-order valence-electron chi connectivity index (χ1n) is 8.12. The van der Waals surface area contributed by atoms with Gasteiger partial charge in [-0.2, -0.15) is 0 Å². The van der Waals surface area contributed by atoms with E-state index in [4.69, 9.17) is 0 Å². The van der Waals surface area contributed by atoms with Gasteiger partial charge in [0.15, 0.2) is 6.20 Å². The number of nitrogens with zero attached hydrogens (tertiary/aromatic N) is 1. The highest BCUT2D eigenvalue weighted by molar-refractivity contribution is 6.88. The van der Waals surface area contributed by atoms with Gasteiger partial charge in [0.25, 0.3) is 0 Å². The quantitative estimate of drug-likeness (QED) is 0.574. The molecule has 2 heteroatoms. The third-order valence-electron chi connectivity index (χ3n) is 4.38. The van der Waals surface area contributed by atoms with Crippen molar-refractivity contribution in [3.63, 3.8) is 0 Å². The van der Waals surface area contributed by atoms with E-state index < -0.39 is 8.07 Å². The first-order valence-corrected chi connectivity index (χ1v) is 11.6. The van der Waals surface area contributed by atoms with Gasteiger partial charge in [-0.05, 0) is 34.7 Å². The van der Waals surface area contributed by atoms with Crippen molar-refractivity contribution < 1.29 is 4.57 Å². The number of aromatic nitrogens is 1. The SMILES string of the molecule is Cc1cc(C(C)(C)C)ccc1-c1cc([Si](C)(C)C)cc[n+]1C. The summed E-state index contributed by atoms with van der Waals surface area (Å²) in [6.45, 7) is 16.3. The first kappa shape index (κ1) is 16.9. The molecular formula is C20H30NSi+. The summed E-state index contributed by atoms with van der Waals surface area (Å²) in [4.78, 5) is 0. The van der Waals surface area contributed by atoms with Crippen LogP contribution in [0.3, 0.4) is 0 Å². The molecule has 1 nitrogen and oxygen atoms in total. The predicted octanol–water partition coefficient (Wildman–Crippen LogP) is 4.33. The van der Waals surface area contributed by atoms with Gasteiger partial charge < -0.3 is 0 Å². The number of hydrogen-bond acceptors (Lipinski definition) is 0. The highest BCUT2D eigenvalue weighted by Crippen LogP contribution is 2.28. The van der Waals surface area contributed by atoms with Crippen molar-refractivity contribution in [1.29, 1.82) is 0 Å². The molecule has 0 unspecified atom stereocenters. The van der Waals surface area contributed by atoms with Gasteiger partial charge in [-0.3, -0.25) is 0 Å². The average Bonchev–Trinajstić information content (AvgIpc) is 2.37. The molecule has 22 heavy (non-hydrogen) atoms. The van der Waals surface area contributed by atoms with Crippen LogP contribution >= 0.6 is 0 Å². The Morgan fingerprint density at radius 3 is 2.09 bits per heavy atom. The van der Waals surface area contributed by atoms with Gasteiger partial charge in [-0.1, -0.05) is 52.5 Å². The molecule has 1 aromatic carbocycles. The van der Waals surface area contributed by atoms with E-state index in [0.717, 1.165) is 0 Å². The summed E-state index contributed by atoms with van der Waals surface area (Å²) in [6.07, 6.45) is 2.21. The fourth-order valence-electron chi connectivity index (χ4n) is 2.72. The summed E-state index contributed by atoms with van der Waals surface area (Å²) >= 11 is 0. The first-order chi connectivity index (χ1) is 10.00. The Balaban J connectivity index is 2.57. The molecule has 0 aliphatic heterocycles. The van der Waals surface area contributed by atoms with Crippen molar-refractivity contribution in [2.45, 2.75) is 52.8 Å². The van der Waals surface area contributed by atoms with Gasteiger partial charge >= 0.3 is 0 Å². The van der Waals surface area contributed by atoms with Crippen LogP contribution in [0.4, 0.5) is 0 Å². The summed E-state index contributed by atoms with van der Waals surface area (Å²) in [5.74, 6) is 0. The molecule has 0 aliphatic rings. The molecule has 0 saturated heterocycles. The van der Waals surface area contributed by atoms with E-state index >= 15 is 0 Å². The van der Waals surface area contributed by atoms with Gasteiger partial charge in [0.2, 0.25) is 5.69 Å². The average molecular weight is 313 g/mol. The third kappa shape index (κ3) is 3.49. The van der Waals surface area contributed by atoms with Crippen molar-refractivity contribution in [2.24, 2.45) is 7.05 Å². The van der Waals surface area contributed by atoms with Crippen LogP contribution in [0.15, 0.2) is 36.5 Å². The molecule has 0 amide bonds. The minimum atomic E-state index is -1.29.